The number of rotatable bonds is 6. The second kappa shape index (κ2) is 9.73. The maximum atomic E-state index is 13.1. The molecule has 1 aliphatic rings. The van der Waals surface area contributed by atoms with E-state index >= 15 is 0 Å². The minimum absolute atomic E-state index is 0.229. The van der Waals surface area contributed by atoms with Gasteiger partial charge in [-0.2, -0.15) is 0 Å². The van der Waals surface area contributed by atoms with Crippen LogP contribution in [0.5, 0.6) is 0 Å². The third kappa shape index (κ3) is 6.45. The van der Waals surface area contributed by atoms with Crippen LogP contribution in [0.25, 0.3) is 0 Å². The SMILES string of the molecule is CC(=O)N[C@@H](CC(N)=O)C(=O)Nc1ccc(Cl)cc1C(=O)N1C[C@H](C)C[C@H](C)C1. The largest absolute Gasteiger partial charge is 0.370 e. The Labute approximate surface area is 175 Å². The van der Waals surface area contributed by atoms with Gasteiger partial charge in [0, 0.05) is 25.0 Å². The molecule has 1 fully saturated rings. The predicted molar refractivity (Wildman–Crippen MR) is 110 cm³/mol. The zero-order valence-electron chi connectivity index (χ0n) is 16.8. The number of amides is 4. The van der Waals surface area contributed by atoms with Crippen LogP contribution in [0.3, 0.4) is 0 Å². The third-order valence-electron chi connectivity index (χ3n) is 4.73. The summed E-state index contributed by atoms with van der Waals surface area (Å²) in [6, 6.07) is 3.44. The van der Waals surface area contributed by atoms with Crippen LogP contribution in [0, 0.1) is 11.8 Å². The zero-order chi connectivity index (χ0) is 21.7. The van der Waals surface area contributed by atoms with Gasteiger partial charge in [-0.25, -0.2) is 0 Å². The van der Waals surface area contributed by atoms with Crippen LogP contribution in [-0.4, -0.2) is 47.7 Å². The van der Waals surface area contributed by atoms with E-state index in [0.717, 1.165) is 6.42 Å². The molecule has 29 heavy (non-hydrogen) atoms. The monoisotopic (exact) mass is 422 g/mol. The van der Waals surface area contributed by atoms with Crippen molar-refractivity contribution in [2.75, 3.05) is 18.4 Å². The molecule has 158 valence electrons. The molecular weight excluding hydrogens is 396 g/mol. The Balaban J connectivity index is 2.27. The molecule has 4 N–H and O–H groups in total. The van der Waals surface area contributed by atoms with Crippen LogP contribution >= 0.6 is 11.6 Å². The normalized spacial score (nSPS) is 19.9. The number of piperidine rings is 1. The number of anilines is 1. The second-order valence-corrected chi connectivity index (χ2v) is 8.20. The van der Waals surface area contributed by atoms with Crippen molar-refractivity contribution in [3.63, 3.8) is 0 Å². The molecule has 0 aliphatic carbocycles. The van der Waals surface area contributed by atoms with E-state index in [1.54, 1.807) is 11.0 Å². The van der Waals surface area contributed by atoms with Crippen molar-refractivity contribution in [2.45, 2.75) is 39.7 Å². The summed E-state index contributed by atoms with van der Waals surface area (Å²) in [7, 11) is 0. The average molecular weight is 423 g/mol. The van der Waals surface area contributed by atoms with Gasteiger partial charge in [0.25, 0.3) is 5.91 Å². The van der Waals surface area contributed by atoms with Crippen molar-refractivity contribution in [2.24, 2.45) is 17.6 Å². The number of primary amides is 1. The number of hydrogen-bond donors (Lipinski definition) is 3. The first-order valence-corrected chi connectivity index (χ1v) is 9.89. The lowest BCUT2D eigenvalue weighted by Gasteiger charge is -2.35. The van der Waals surface area contributed by atoms with Gasteiger partial charge in [0.2, 0.25) is 17.7 Å². The molecular formula is C20H27ClN4O4. The quantitative estimate of drug-likeness (QED) is 0.646. The summed E-state index contributed by atoms with van der Waals surface area (Å²) < 4.78 is 0. The van der Waals surface area contributed by atoms with E-state index < -0.39 is 23.8 Å². The number of carbonyl (C=O) groups is 4. The lowest BCUT2D eigenvalue weighted by Crippen LogP contribution is -2.46. The fraction of sp³-hybridized carbons (Fsp3) is 0.500. The van der Waals surface area contributed by atoms with E-state index in [-0.39, 0.29) is 23.6 Å². The van der Waals surface area contributed by atoms with Crippen molar-refractivity contribution in [1.29, 1.82) is 0 Å². The molecule has 1 aromatic rings. The summed E-state index contributed by atoms with van der Waals surface area (Å²) >= 11 is 6.09. The Kier molecular flexibility index (Phi) is 7.61. The molecule has 3 atom stereocenters. The molecule has 1 aliphatic heterocycles. The predicted octanol–water partition coefficient (Wildman–Crippen LogP) is 1.78. The fourth-order valence-electron chi connectivity index (χ4n) is 3.68. The topological polar surface area (TPSA) is 122 Å². The van der Waals surface area contributed by atoms with Crippen LogP contribution in [0.4, 0.5) is 5.69 Å². The molecule has 0 aromatic heterocycles. The van der Waals surface area contributed by atoms with Gasteiger partial charge in [-0.1, -0.05) is 25.4 Å². The Hall–Kier alpha value is -2.61. The lowest BCUT2D eigenvalue weighted by molar-refractivity contribution is -0.127. The summed E-state index contributed by atoms with van der Waals surface area (Å²) in [5, 5.41) is 5.38. The van der Waals surface area contributed by atoms with Crippen LogP contribution in [0.2, 0.25) is 5.02 Å². The highest BCUT2D eigenvalue weighted by atomic mass is 35.5. The smallest absolute Gasteiger partial charge is 0.256 e. The van der Waals surface area contributed by atoms with Crippen LogP contribution in [0.1, 0.15) is 44.0 Å². The van der Waals surface area contributed by atoms with Crippen LogP contribution in [-0.2, 0) is 14.4 Å². The molecule has 0 unspecified atom stereocenters. The van der Waals surface area contributed by atoms with Crippen molar-refractivity contribution in [3.05, 3.63) is 28.8 Å². The van der Waals surface area contributed by atoms with Crippen LogP contribution in [0.15, 0.2) is 18.2 Å². The highest BCUT2D eigenvalue weighted by Gasteiger charge is 2.29. The second-order valence-electron chi connectivity index (χ2n) is 7.76. The van der Waals surface area contributed by atoms with E-state index in [1.165, 1.54) is 19.1 Å². The van der Waals surface area contributed by atoms with Gasteiger partial charge in [-0.05, 0) is 36.5 Å². The number of halogens is 1. The molecule has 0 saturated carbocycles. The summed E-state index contributed by atoms with van der Waals surface area (Å²) in [4.78, 5) is 50.1. The molecule has 8 nitrogen and oxygen atoms in total. The molecule has 1 heterocycles. The van der Waals surface area contributed by atoms with Crippen LogP contribution < -0.4 is 16.4 Å². The summed E-state index contributed by atoms with van der Waals surface area (Å²) in [6.07, 6.45) is 0.692. The van der Waals surface area contributed by atoms with Gasteiger partial charge in [0.1, 0.15) is 6.04 Å². The standard InChI is InChI=1S/C20H27ClN4O4/c1-11-6-12(2)10-25(9-11)20(29)15-7-14(21)4-5-16(15)24-19(28)17(8-18(22)27)23-13(3)26/h4-5,7,11-12,17H,6,8-10H2,1-3H3,(H2,22,27)(H,23,26)(H,24,28)/t11-,12+,17-/m0/s1. The molecule has 1 aromatic carbocycles. The van der Waals surface area contributed by atoms with E-state index in [2.05, 4.69) is 24.5 Å². The number of nitrogens with one attached hydrogen (secondary N) is 2. The maximum Gasteiger partial charge on any atom is 0.256 e. The van der Waals surface area contributed by atoms with Gasteiger partial charge in [-0.15, -0.1) is 0 Å². The zero-order valence-corrected chi connectivity index (χ0v) is 17.6. The number of carbonyl (C=O) groups excluding carboxylic acids is 4. The van der Waals surface area contributed by atoms with E-state index in [1.807, 2.05) is 0 Å². The Morgan fingerprint density at radius 2 is 1.83 bits per heavy atom. The summed E-state index contributed by atoms with van der Waals surface area (Å²) in [5.74, 6) is -1.33. The van der Waals surface area contributed by atoms with Crippen molar-refractivity contribution in [3.8, 4) is 0 Å². The molecule has 0 bridgehead atoms. The number of likely N-dealkylation sites (tertiary alicyclic amines) is 1. The Morgan fingerprint density at radius 3 is 2.38 bits per heavy atom. The van der Waals surface area contributed by atoms with Crippen molar-refractivity contribution >= 4 is 40.9 Å². The third-order valence-corrected chi connectivity index (χ3v) is 4.96. The number of nitrogens with zero attached hydrogens (tertiary/aromatic N) is 1. The van der Waals surface area contributed by atoms with Crippen molar-refractivity contribution < 1.29 is 19.2 Å². The molecule has 1 saturated heterocycles. The Bertz CT molecular complexity index is 788. The summed E-state index contributed by atoms with van der Waals surface area (Å²) in [5.41, 5.74) is 5.69. The van der Waals surface area contributed by atoms with E-state index in [0.29, 0.717) is 29.9 Å². The molecule has 0 radical (unpaired) electrons. The van der Waals surface area contributed by atoms with Gasteiger partial charge >= 0.3 is 0 Å². The maximum absolute atomic E-state index is 13.1. The van der Waals surface area contributed by atoms with E-state index in [4.69, 9.17) is 17.3 Å². The minimum atomic E-state index is -1.14. The number of nitrogens with two attached hydrogens (primary N) is 1. The van der Waals surface area contributed by atoms with Gasteiger partial charge < -0.3 is 21.3 Å². The first kappa shape index (κ1) is 22.7. The Morgan fingerprint density at radius 1 is 1.21 bits per heavy atom. The van der Waals surface area contributed by atoms with Gasteiger partial charge in [0.15, 0.2) is 0 Å². The summed E-state index contributed by atoms with van der Waals surface area (Å²) in [6.45, 7) is 6.67. The number of benzene rings is 1. The fourth-order valence-corrected chi connectivity index (χ4v) is 3.85. The molecule has 9 heteroatoms. The average Bonchev–Trinajstić information content (AvgIpc) is 2.60. The lowest BCUT2D eigenvalue weighted by atomic mass is 9.91. The molecule has 2 rings (SSSR count). The van der Waals surface area contributed by atoms with E-state index in [9.17, 15) is 19.2 Å². The molecule has 4 amide bonds. The number of hydrogen-bond acceptors (Lipinski definition) is 4. The van der Waals surface area contributed by atoms with Gasteiger partial charge in [0.05, 0.1) is 17.7 Å². The van der Waals surface area contributed by atoms with Gasteiger partial charge in [-0.3, -0.25) is 19.2 Å². The minimum Gasteiger partial charge on any atom is -0.370 e. The van der Waals surface area contributed by atoms with Crippen molar-refractivity contribution in [1.82, 2.24) is 10.2 Å². The highest BCUT2D eigenvalue weighted by molar-refractivity contribution is 6.31. The first-order chi connectivity index (χ1) is 13.6. The highest BCUT2D eigenvalue weighted by Crippen LogP contribution is 2.27. The first-order valence-electron chi connectivity index (χ1n) is 9.52. The molecule has 0 spiro atoms.